The maximum Gasteiger partial charge on any atom is 0.253 e. The molecule has 0 radical (unpaired) electrons. The number of hydrogen-bond donors (Lipinski definition) is 1. The van der Waals surface area contributed by atoms with E-state index in [1.807, 2.05) is 23.6 Å². The summed E-state index contributed by atoms with van der Waals surface area (Å²) in [5.74, 6) is 0.714. The second-order valence-electron chi connectivity index (χ2n) is 6.40. The summed E-state index contributed by atoms with van der Waals surface area (Å²) in [5, 5.41) is 12.0. The van der Waals surface area contributed by atoms with Crippen LogP contribution in [0.15, 0.2) is 53.9 Å². The summed E-state index contributed by atoms with van der Waals surface area (Å²) in [5.41, 5.74) is 2.14. The van der Waals surface area contributed by atoms with Crippen LogP contribution in [0, 0.1) is 0 Å². The molecule has 1 aromatic carbocycles. The number of carbonyl (C=O) groups is 2. The maximum atomic E-state index is 12.3. The van der Waals surface area contributed by atoms with Crippen LogP contribution in [0.3, 0.4) is 0 Å². The first-order valence-electron chi connectivity index (χ1n) is 9.07. The Kier molecular flexibility index (Phi) is 6.61. The Morgan fingerprint density at radius 2 is 1.76 bits per heavy atom. The molecule has 0 bridgehead atoms. The molecule has 0 unspecified atom stereocenters. The Morgan fingerprint density at radius 3 is 2.38 bits per heavy atom. The quantitative estimate of drug-likeness (QED) is 0.602. The van der Waals surface area contributed by atoms with Crippen LogP contribution >= 0.6 is 11.8 Å². The van der Waals surface area contributed by atoms with E-state index in [-0.39, 0.29) is 17.6 Å². The molecule has 3 aromatic rings. The normalized spacial score (nSPS) is 10.6. The summed E-state index contributed by atoms with van der Waals surface area (Å²) in [7, 11) is 3.40. The number of hydrogen-bond acceptors (Lipinski definition) is 6. The molecule has 0 aliphatic carbocycles. The van der Waals surface area contributed by atoms with Gasteiger partial charge in [0.1, 0.15) is 0 Å². The van der Waals surface area contributed by atoms with E-state index in [4.69, 9.17) is 0 Å². The summed E-state index contributed by atoms with van der Waals surface area (Å²) in [4.78, 5) is 29.8. The lowest BCUT2D eigenvalue weighted by Crippen LogP contribution is -2.21. The predicted molar refractivity (Wildman–Crippen MR) is 113 cm³/mol. The van der Waals surface area contributed by atoms with Crippen molar-refractivity contribution in [1.29, 1.82) is 0 Å². The number of amides is 2. The van der Waals surface area contributed by atoms with Crippen molar-refractivity contribution in [3.05, 3.63) is 54.4 Å². The molecule has 2 amide bonds. The van der Waals surface area contributed by atoms with Gasteiger partial charge in [0.2, 0.25) is 5.91 Å². The average Bonchev–Trinajstić information content (AvgIpc) is 3.16. The van der Waals surface area contributed by atoms with Crippen molar-refractivity contribution in [3.8, 4) is 11.4 Å². The van der Waals surface area contributed by atoms with Crippen LogP contribution in [-0.4, -0.2) is 56.3 Å². The summed E-state index contributed by atoms with van der Waals surface area (Å²) < 4.78 is 1.97. The molecule has 3 rings (SSSR count). The van der Waals surface area contributed by atoms with Crippen molar-refractivity contribution < 1.29 is 9.59 Å². The zero-order chi connectivity index (χ0) is 20.8. The van der Waals surface area contributed by atoms with Crippen molar-refractivity contribution >= 4 is 29.3 Å². The van der Waals surface area contributed by atoms with E-state index in [0.717, 1.165) is 11.4 Å². The van der Waals surface area contributed by atoms with Crippen LogP contribution in [0.5, 0.6) is 0 Å². The number of nitrogens with one attached hydrogen (secondary N) is 1. The van der Waals surface area contributed by atoms with Gasteiger partial charge in [-0.15, -0.1) is 10.2 Å². The van der Waals surface area contributed by atoms with Gasteiger partial charge in [-0.3, -0.25) is 14.6 Å². The third-order valence-electron chi connectivity index (χ3n) is 4.13. The molecule has 0 saturated carbocycles. The number of rotatable bonds is 7. The van der Waals surface area contributed by atoms with Gasteiger partial charge in [0.15, 0.2) is 11.0 Å². The van der Waals surface area contributed by atoms with Crippen LogP contribution < -0.4 is 5.32 Å². The van der Waals surface area contributed by atoms with Gasteiger partial charge in [-0.25, -0.2) is 0 Å². The number of thioether (sulfide) groups is 1. The second-order valence-corrected chi connectivity index (χ2v) is 7.34. The minimum atomic E-state index is -0.155. The molecule has 2 aromatic heterocycles. The molecule has 8 nitrogen and oxygen atoms in total. The van der Waals surface area contributed by atoms with Crippen LogP contribution in [0.4, 0.5) is 5.69 Å². The van der Waals surface area contributed by atoms with Crippen molar-refractivity contribution in [1.82, 2.24) is 24.6 Å². The maximum absolute atomic E-state index is 12.3. The van der Waals surface area contributed by atoms with E-state index in [9.17, 15) is 9.59 Å². The third kappa shape index (κ3) is 5.00. The third-order valence-corrected chi connectivity index (χ3v) is 5.09. The molecule has 2 heterocycles. The highest BCUT2D eigenvalue weighted by Gasteiger charge is 2.15. The van der Waals surface area contributed by atoms with E-state index in [2.05, 4.69) is 20.5 Å². The van der Waals surface area contributed by atoms with Gasteiger partial charge in [-0.05, 0) is 43.3 Å². The first kappa shape index (κ1) is 20.5. The van der Waals surface area contributed by atoms with E-state index in [1.165, 1.54) is 16.7 Å². The van der Waals surface area contributed by atoms with Crippen molar-refractivity contribution in [2.75, 3.05) is 25.2 Å². The Labute approximate surface area is 173 Å². The van der Waals surface area contributed by atoms with Gasteiger partial charge < -0.3 is 14.8 Å². The van der Waals surface area contributed by atoms with Crippen molar-refractivity contribution in [2.24, 2.45) is 0 Å². The molecular weight excluding hydrogens is 388 g/mol. The summed E-state index contributed by atoms with van der Waals surface area (Å²) in [6, 6.07) is 10.6. The predicted octanol–water partition coefficient (Wildman–Crippen LogP) is 2.79. The van der Waals surface area contributed by atoms with Crippen LogP contribution in [0.1, 0.15) is 17.3 Å². The summed E-state index contributed by atoms with van der Waals surface area (Å²) in [6.07, 6.45) is 3.42. The molecule has 1 N–H and O–H groups in total. The van der Waals surface area contributed by atoms with Gasteiger partial charge in [0.05, 0.1) is 5.75 Å². The number of benzene rings is 1. The number of nitrogens with zero attached hydrogens (tertiary/aromatic N) is 5. The molecule has 0 saturated heterocycles. The fourth-order valence-electron chi connectivity index (χ4n) is 2.68. The van der Waals surface area contributed by atoms with Crippen LogP contribution in [0.25, 0.3) is 11.4 Å². The molecule has 0 aliphatic rings. The fraction of sp³-hybridized carbons (Fsp3) is 0.250. The topological polar surface area (TPSA) is 93.0 Å². The Hall–Kier alpha value is -3.20. The van der Waals surface area contributed by atoms with Crippen LogP contribution in [-0.2, 0) is 11.3 Å². The lowest BCUT2D eigenvalue weighted by Gasteiger charge is -2.11. The smallest absolute Gasteiger partial charge is 0.253 e. The molecule has 29 heavy (non-hydrogen) atoms. The number of aromatic nitrogens is 4. The Balaban J connectivity index is 1.61. The fourth-order valence-corrected chi connectivity index (χ4v) is 3.48. The lowest BCUT2D eigenvalue weighted by atomic mass is 10.2. The van der Waals surface area contributed by atoms with Gasteiger partial charge in [-0.1, -0.05) is 11.8 Å². The second kappa shape index (κ2) is 9.33. The first-order chi connectivity index (χ1) is 14.0. The molecule has 0 fully saturated rings. The first-order valence-corrected chi connectivity index (χ1v) is 10.1. The van der Waals surface area contributed by atoms with Crippen molar-refractivity contribution in [2.45, 2.75) is 18.6 Å². The molecule has 9 heteroatoms. The molecule has 150 valence electrons. The number of carbonyl (C=O) groups excluding carboxylic acids is 2. The molecule has 0 spiro atoms. The van der Waals surface area contributed by atoms with Gasteiger partial charge in [0.25, 0.3) is 5.91 Å². The highest BCUT2D eigenvalue weighted by molar-refractivity contribution is 7.99. The lowest BCUT2D eigenvalue weighted by molar-refractivity contribution is -0.113. The minimum Gasteiger partial charge on any atom is -0.345 e. The standard InChI is InChI=1S/C20H22N6O2S/c1-4-26-18(14-9-11-21-12-10-14)23-24-20(26)29-13-17(27)22-16-7-5-15(6-8-16)19(28)25(2)3/h5-12H,4,13H2,1-3H3,(H,22,27). The molecule has 0 atom stereocenters. The molecule has 0 aliphatic heterocycles. The van der Waals surface area contributed by atoms with E-state index in [1.54, 1.807) is 50.8 Å². The van der Waals surface area contributed by atoms with E-state index >= 15 is 0 Å². The van der Waals surface area contributed by atoms with Crippen LogP contribution in [0.2, 0.25) is 0 Å². The Bertz CT molecular complexity index is 986. The highest BCUT2D eigenvalue weighted by Crippen LogP contribution is 2.23. The van der Waals surface area contributed by atoms with E-state index in [0.29, 0.717) is 23.0 Å². The zero-order valence-corrected chi connectivity index (χ0v) is 17.3. The average molecular weight is 411 g/mol. The van der Waals surface area contributed by atoms with E-state index < -0.39 is 0 Å². The highest BCUT2D eigenvalue weighted by atomic mass is 32.2. The SMILES string of the molecule is CCn1c(SCC(=O)Nc2ccc(C(=O)N(C)C)cc2)nnc1-c1ccncc1. The number of pyridine rings is 1. The zero-order valence-electron chi connectivity index (χ0n) is 16.5. The summed E-state index contributed by atoms with van der Waals surface area (Å²) >= 11 is 1.33. The monoisotopic (exact) mass is 410 g/mol. The minimum absolute atomic E-state index is 0.0812. The van der Waals surface area contributed by atoms with Gasteiger partial charge >= 0.3 is 0 Å². The van der Waals surface area contributed by atoms with Gasteiger partial charge in [-0.2, -0.15) is 0 Å². The van der Waals surface area contributed by atoms with Gasteiger partial charge in [0, 0.05) is 49.8 Å². The summed E-state index contributed by atoms with van der Waals surface area (Å²) in [6.45, 7) is 2.70. The largest absolute Gasteiger partial charge is 0.345 e. The number of anilines is 1. The molecular formula is C20H22N6O2S. The Morgan fingerprint density at radius 1 is 1.07 bits per heavy atom. The van der Waals surface area contributed by atoms with Crippen molar-refractivity contribution in [3.63, 3.8) is 0 Å².